The van der Waals surface area contributed by atoms with Crippen molar-refractivity contribution in [1.82, 2.24) is 9.97 Å². The van der Waals surface area contributed by atoms with Gasteiger partial charge in [0.05, 0.1) is 17.2 Å². The van der Waals surface area contributed by atoms with Gasteiger partial charge in [-0.3, -0.25) is 10.1 Å². The number of fused-ring (bicyclic) bond motifs is 1. The van der Waals surface area contributed by atoms with Gasteiger partial charge in [-0.1, -0.05) is 26.8 Å². The second kappa shape index (κ2) is 6.99. The Morgan fingerprint density at radius 2 is 2.00 bits per heavy atom. The highest BCUT2D eigenvalue weighted by molar-refractivity contribution is 5.48. The third-order valence-corrected chi connectivity index (χ3v) is 4.47. The van der Waals surface area contributed by atoms with E-state index in [1.165, 1.54) is 0 Å². The monoisotopic (exact) mass is 356 g/mol. The Balaban J connectivity index is 1.95. The van der Waals surface area contributed by atoms with Gasteiger partial charge in [0, 0.05) is 43.8 Å². The van der Waals surface area contributed by atoms with E-state index < -0.39 is 0 Å². The maximum Gasteiger partial charge on any atom is 0.269 e. The largest absolute Gasteiger partial charge is 0.378 e. The van der Waals surface area contributed by atoms with Crippen molar-refractivity contribution in [3.63, 3.8) is 0 Å². The lowest BCUT2D eigenvalue weighted by atomic mass is 9.95. The maximum absolute atomic E-state index is 11.1. The Labute approximate surface area is 153 Å². The average Bonchev–Trinajstić information content (AvgIpc) is 2.60. The van der Waals surface area contributed by atoms with Crippen molar-refractivity contribution in [3.8, 4) is 0 Å². The molecule has 0 radical (unpaired) electrons. The lowest BCUT2D eigenvalue weighted by Crippen LogP contribution is -2.32. The molecule has 0 amide bonds. The second-order valence-electron chi connectivity index (χ2n) is 7.61. The van der Waals surface area contributed by atoms with E-state index in [1.54, 1.807) is 19.2 Å². The van der Waals surface area contributed by atoms with Gasteiger partial charge in [-0.2, -0.15) is 0 Å². The first-order chi connectivity index (χ1) is 12.3. The summed E-state index contributed by atoms with van der Waals surface area (Å²) in [6.45, 7) is 8.09. The van der Waals surface area contributed by atoms with E-state index in [1.807, 2.05) is 12.1 Å². The molecule has 0 unspecified atom stereocenters. The predicted molar refractivity (Wildman–Crippen MR) is 99.3 cm³/mol. The lowest BCUT2D eigenvalue weighted by Gasteiger charge is -2.31. The van der Waals surface area contributed by atoms with E-state index in [-0.39, 0.29) is 16.0 Å². The normalized spacial score (nSPS) is 14.2. The van der Waals surface area contributed by atoms with E-state index in [4.69, 9.17) is 9.72 Å². The third kappa shape index (κ3) is 3.83. The van der Waals surface area contributed by atoms with Gasteiger partial charge in [-0.05, 0) is 17.5 Å². The maximum atomic E-state index is 11.1. The molecule has 1 aromatic heterocycles. The minimum atomic E-state index is -0.349. The molecule has 7 nitrogen and oxygen atoms in total. The van der Waals surface area contributed by atoms with Gasteiger partial charge in [0.2, 0.25) is 0 Å². The van der Waals surface area contributed by atoms with Crippen molar-refractivity contribution in [2.45, 2.75) is 45.8 Å². The van der Waals surface area contributed by atoms with Crippen molar-refractivity contribution in [2.75, 3.05) is 18.6 Å². The number of benzene rings is 1. The van der Waals surface area contributed by atoms with Crippen LogP contribution in [0.1, 0.15) is 43.4 Å². The predicted octanol–water partition coefficient (Wildman–Crippen LogP) is 3.39. The number of nitro benzene ring substituents is 1. The SMILES string of the molecule is COCc1cc(N2CCc3ccc([N+](=O)[O-])cc3C2)nc(C(C)(C)C)n1. The summed E-state index contributed by atoms with van der Waals surface area (Å²) in [6, 6.07) is 7.06. The van der Waals surface area contributed by atoms with E-state index in [0.717, 1.165) is 41.4 Å². The summed E-state index contributed by atoms with van der Waals surface area (Å²) in [4.78, 5) is 22.3. The Morgan fingerprint density at radius 3 is 2.65 bits per heavy atom. The average molecular weight is 356 g/mol. The molecular weight excluding hydrogens is 332 g/mol. The molecule has 26 heavy (non-hydrogen) atoms. The molecular formula is C19H24N4O3. The smallest absolute Gasteiger partial charge is 0.269 e. The number of non-ortho nitro benzene ring substituents is 1. The topological polar surface area (TPSA) is 81.4 Å². The first-order valence-corrected chi connectivity index (χ1v) is 8.66. The van der Waals surface area contributed by atoms with Gasteiger partial charge >= 0.3 is 0 Å². The zero-order valence-electron chi connectivity index (χ0n) is 15.7. The summed E-state index contributed by atoms with van der Waals surface area (Å²) < 4.78 is 5.25. The van der Waals surface area contributed by atoms with Gasteiger partial charge in [0.15, 0.2) is 0 Å². The fraction of sp³-hybridized carbons (Fsp3) is 0.474. The van der Waals surface area contributed by atoms with Crippen LogP contribution in [-0.2, 0) is 29.7 Å². The summed E-state index contributed by atoms with van der Waals surface area (Å²) in [7, 11) is 1.65. The van der Waals surface area contributed by atoms with Crippen LogP contribution in [0.5, 0.6) is 0 Å². The quantitative estimate of drug-likeness (QED) is 0.617. The summed E-state index contributed by atoms with van der Waals surface area (Å²) in [6.07, 6.45) is 0.835. The van der Waals surface area contributed by atoms with Crippen LogP contribution < -0.4 is 4.90 Å². The first-order valence-electron chi connectivity index (χ1n) is 8.66. The summed E-state index contributed by atoms with van der Waals surface area (Å²) in [5.74, 6) is 1.61. The van der Waals surface area contributed by atoms with Crippen LogP contribution in [0.15, 0.2) is 24.3 Å². The van der Waals surface area contributed by atoms with Crippen LogP contribution >= 0.6 is 0 Å². The molecule has 138 valence electrons. The second-order valence-corrected chi connectivity index (χ2v) is 7.61. The summed E-state index contributed by atoms with van der Waals surface area (Å²) in [5, 5.41) is 11.1. The summed E-state index contributed by atoms with van der Waals surface area (Å²) in [5.41, 5.74) is 2.94. The highest BCUT2D eigenvalue weighted by atomic mass is 16.6. The fourth-order valence-corrected chi connectivity index (χ4v) is 3.05. The molecule has 0 N–H and O–H groups in total. The number of hydrogen-bond acceptors (Lipinski definition) is 6. The standard InChI is InChI=1S/C19H24N4O3/c1-19(2,3)18-20-15(12-26-4)10-17(21-18)22-8-7-13-5-6-16(23(24)25)9-14(13)11-22/h5-6,9-10H,7-8,11-12H2,1-4H3. The van der Waals surface area contributed by atoms with Gasteiger partial charge in [-0.15, -0.1) is 0 Å². The minimum absolute atomic E-state index is 0.128. The van der Waals surface area contributed by atoms with Crippen molar-refractivity contribution < 1.29 is 9.66 Å². The highest BCUT2D eigenvalue weighted by Crippen LogP contribution is 2.28. The van der Waals surface area contributed by atoms with E-state index in [2.05, 4.69) is 30.7 Å². The zero-order chi connectivity index (χ0) is 18.9. The van der Waals surface area contributed by atoms with E-state index >= 15 is 0 Å². The molecule has 2 heterocycles. The molecule has 7 heteroatoms. The zero-order valence-corrected chi connectivity index (χ0v) is 15.7. The number of ether oxygens (including phenoxy) is 1. The number of aromatic nitrogens is 2. The molecule has 1 aromatic carbocycles. The molecule has 0 atom stereocenters. The van der Waals surface area contributed by atoms with Crippen molar-refractivity contribution in [2.24, 2.45) is 0 Å². The van der Waals surface area contributed by atoms with Crippen molar-refractivity contribution >= 4 is 11.5 Å². The molecule has 1 aliphatic rings. The molecule has 1 aliphatic heterocycles. The van der Waals surface area contributed by atoms with Crippen LogP contribution in [0.25, 0.3) is 0 Å². The lowest BCUT2D eigenvalue weighted by molar-refractivity contribution is -0.384. The Morgan fingerprint density at radius 1 is 1.23 bits per heavy atom. The molecule has 0 saturated heterocycles. The number of anilines is 1. The van der Waals surface area contributed by atoms with E-state index in [0.29, 0.717) is 13.2 Å². The molecule has 3 rings (SSSR count). The molecule has 0 saturated carbocycles. The van der Waals surface area contributed by atoms with Crippen LogP contribution in [0, 0.1) is 10.1 Å². The van der Waals surface area contributed by atoms with Crippen LogP contribution in [-0.4, -0.2) is 28.5 Å². The van der Waals surface area contributed by atoms with Crippen LogP contribution in [0.2, 0.25) is 0 Å². The number of nitro groups is 1. The number of rotatable bonds is 4. The molecule has 0 aliphatic carbocycles. The number of methoxy groups -OCH3 is 1. The van der Waals surface area contributed by atoms with Crippen LogP contribution in [0.4, 0.5) is 11.5 Å². The Kier molecular flexibility index (Phi) is 4.91. The van der Waals surface area contributed by atoms with Gasteiger partial charge in [-0.25, -0.2) is 9.97 Å². The summed E-state index contributed by atoms with van der Waals surface area (Å²) >= 11 is 0. The van der Waals surface area contributed by atoms with Crippen molar-refractivity contribution in [3.05, 3.63) is 57.0 Å². The molecule has 0 bridgehead atoms. The van der Waals surface area contributed by atoms with Gasteiger partial charge in [0.25, 0.3) is 5.69 Å². The number of hydrogen-bond donors (Lipinski definition) is 0. The Bertz CT molecular complexity index is 830. The van der Waals surface area contributed by atoms with Crippen LogP contribution in [0.3, 0.4) is 0 Å². The third-order valence-electron chi connectivity index (χ3n) is 4.47. The van der Waals surface area contributed by atoms with Crippen molar-refractivity contribution in [1.29, 1.82) is 0 Å². The van der Waals surface area contributed by atoms with E-state index in [9.17, 15) is 10.1 Å². The number of nitrogens with zero attached hydrogens (tertiary/aromatic N) is 4. The molecule has 2 aromatic rings. The molecule has 0 fully saturated rings. The first kappa shape index (κ1) is 18.3. The van der Waals surface area contributed by atoms with Gasteiger partial charge < -0.3 is 9.64 Å². The molecule has 0 spiro atoms. The Hall–Kier alpha value is -2.54. The van der Waals surface area contributed by atoms with Gasteiger partial charge in [0.1, 0.15) is 11.6 Å². The fourth-order valence-electron chi connectivity index (χ4n) is 3.05. The highest BCUT2D eigenvalue weighted by Gasteiger charge is 2.24. The minimum Gasteiger partial charge on any atom is -0.378 e.